The Kier molecular flexibility index (Phi) is 9.47. The number of hydrogen-bond donors (Lipinski definition) is 3. The minimum Gasteiger partial charge on any atom is -0.481 e. The highest BCUT2D eigenvalue weighted by atomic mass is 16.4. The number of rotatable bonds is 9. The molecule has 0 radical (unpaired) electrons. The van der Waals surface area contributed by atoms with Crippen molar-refractivity contribution in [1.82, 2.24) is 10.6 Å². The second kappa shape index (κ2) is 10.5. The van der Waals surface area contributed by atoms with E-state index in [0.29, 0.717) is 19.4 Å². The van der Waals surface area contributed by atoms with E-state index in [4.69, 9.17) is 11.5 Å². The largest absolute Gasteiger partial charge is 0.481 e. The van der Waals surface area contributed by atoms with Crippen molar-refractivity contribution in [3.05, 3.63) is 0 Å². The number of carboxylic acids is 1. The van der Waals surface area contributed by atoms with Gasteiger partial charge in [0, 0.05) is 13.0 Å². The molecule has 1 atom stereocenters. The Bertz CT molecular complexity index is 297. The maximum atomic E-state index is 11.4. The third-order valence-corrected chi connectivity index (χ3v) is 2.52. The summed E-state index contributed by atoms with van der Waals surface area (Å²) in [5.41, 5.74) is 0. The summed E-state index contributed by atoms with van der Waals surface area (Å²) in [5, 5.41) is 13.8. The van der Waals surface area contributed by atoms with Crippen molar-refractivity contribution in [2.75, 3.05) is 6.54 Å². The fourth-order valence-corrected chi connectivity index (χ4v) is 1.43. The van der Waals surface area contributed by atoms with E-state index in [1.54, 1.807) is 0 Å². The van der Waals surface area contributed by atoms with E-state index < -0.39 is 5.97 Å². The Morgan fingerprint density at radius 1 is 1.28 bits per heavy atom. The molecule has 5 heteroatoms. The van der Waals surface area contributed by atoms with Crippen LogP contribution in [-0.4, -0.2) is 29.7 Å². The van der Waals surface area contributed by atoms with Gasteiger partial charge in [0.05, 0.1) is 6.04 Å². The Labute approximate surface area is 108 Å². The van der Waals surface area contributed by atoms with Gasteiger partial charge < -0.3 is 15.7 Å². The number of nitrogens with one attached hydrogen (secondary N) is 2. The molecule has 18 heavy (non-hydrogen) atoms. The molecule has 5 nitrogen and oxygen atoms in total. The molecule has 3 N–H and O–H groups in total. The summed E-state index contributed by atoms with van der Waals surface area (Å²) >= 11 is 0. The lowest BCUT2D eigenvalue weighted by Crippen LogP contribution is -2.41. The van der Waals surface area contributed by atoms with Crippen LogP contribution >= 0.6 is 0 Å². The van der Waals surface area contributed by atoms with Crippen molar-refractivity contribution in [1.29, 1.82) is 0 Å². The molecule has 0 aliphatic heterocycles. The second-order valence-corrected chi connectivity index (χ2v) is 4.09. The molecule has 0 aromatic carbocycles. The molecule has 0 saturated heterocycles. The van der Waals surface area contributed by atoms with Gasteiger partial charge in [-0.25, -0.2) is 4.79 Å². The molecule has 2 amide bonds. The minimum absolute atomic E-state index is 0.217. The van der Waals surface area contributed by atoms with Gasteiger partial charge in [0.25, 0.3) is 0 Å². The molecule has 0 bridgehead atoms. The SMILES string of the molecule is C#CC(CC)NC(=O)NCCCCCCC(=O)O. The number of carbonyl (C=O) groups is 2. The number of unbranched alkanes of at least 4 members (excludes halogenated alkanes) is 3. The normalized spacial score (nSPS) is 11.3. The van der Waals surface area contributed by atoms with Gasteiger partial charge in [0.15, 0.2) is 0 Å². The number of carboxylic acid groups (broad SMARTS) is 1. The lowest BCUT2D eigenvalue weighted by Gasteiger charge is -2.11. The van der Waals surface area contributed by atoms with E-state index in [9.17, 15) is 9.59 Å². The number of hydrogen-bond acceptors (Lipinski definition) is 2. The fraction of sp³-hybridized carbons (Fsp3) is 0.692. The van der Waals surface area contributed by atoms with Gasteiger partial charge in [-0.1, -0.05) is 25.7 Å². The zero-order valence-electron chi connectivity index (χ0n) is 10.9. The molecule has 1 unspecified atom stereocenters. The number of terminal acetylenes is 1. The van der Waals surface area contributed by atoms with Crippen LogP contribution in [0.4, 0.5) is 4.79 Å². The Morgan fingerprint density at radius 2 is 1.94 bits per heavy atom. The maximum Gasteiger partial charge on any atom is 0.315 e. The summed E-state index contributed by atoms with van der Waals surface area (Å²) in [4.78, 5) is 21.6. The molecule has 0 rings (SSSR count). The van der Waals surface area contributed by atoms with Crippen LogP contribution in [0.2, 0.25) is 0 Å². The number of amides is 2. The molecule has 0 aliphatic rings. The molecule has 0 spiro atoms. The van der Waals surface area contributed by atoms with Gasteiger partial charge in [-0.3, -0.25) is 4.79 Å². The third kappa shape index (κ3) is 9.52. The fourth-order valence-electron chi connectivity index (χ4n) is 1.43. The first-order chi connectivity index (χ1) is 8.60. The van der Waals surface area contributed by atoms with Gasteiger partial charge in [0.2, 0.25) is 0 Å². The predicted molar refractivity (Wildman–Crippen MR) is 70.2 cm³/mol. The molecular weight excluding hydrogens is 232 g/mol. The van der Waals surface area contributed by atoms with Gasteiger partial charge in [0.1, 0.15) is 0 Å². The van der Waals surface area contributed by atoms with E-state index >= 15 is 0 Å². The summed E-state index contributed by atoms with van der Waals surface area (Å²) < 4.78 is 0. The molecule has 0 aliphatic carbocycles. The van der Waals surface area contributed by atoms with Gasteiger partial charge in [-0.05, 0) is 19.3 Å². The zero-order valence-corrected chi connectivity index (χ0v) is 10.9. The standard InChI is InChI=1S/C13H22N2O3/c1-3-11(4-2)15-13(18)14-10-8-6-5-7-9-12(16)17/h1,11H,4-10H2,2H3,(H,16,17)(H2,14,15,18). The topological polar surface area (TPSA) is 78.4 Å². The molecule has 0 saturated carbocycles. The first-order valence-electron chi connectivity index (χ1n) is 6.32. The first-order valence-corrected chi connectivity index (χ1v) is 6.32. The van der Waals surface area contributed by atoms with Crippen LogP contribution in [0.3, 0.4) is 0 Å². The second-order valence-electron chi connectivity index (χ2n) is 4.09. The zero-order chi connectivity index (χ0) is 13.8. The van der Waals surface area contributed by atoms with E-state index in [1.165, 1.54) is 0 Å². The van der Waals surface area contributed by atoms with E-state index in [-0.39, 0.29) is 18.5 Å². The average molecular weight is 254 g/mol. The van der Waals surface area contributed by atoms with Crippen molar-refractivity contribution < 1.29 is 14.7 Å². The Morgan fingerprint density at radius 3 is 2.50 bits per heavy atom. The lowest BCUT2D eigenvalue weighted by atomic mass is 10.1. The lowest BCUT2D eigenvalue weighted by molar-refractivity contribution is -0.137. The van der Waals surface area contributed by atoms with Crippen molar-refractivity contribution in [3.63, 3.8) is 0 Å². The summed E-state index contributed by atoms with van der Waals surface area (Å²) in [6.07, 6.45) is 9.48. The van der Waals surface area contributed by atoms with Crippen molar-refractivity contribution in [2.24, 2.45) is 0 Å². The smallest absolute Gasteiger partial charge is 0.315 e. The van der Waals surface area contributed by atoms with Crippen LogP contribution in [0.1, 0.15) is 45.4 Å². The molecule has 0 heterocycles. The quantitative estimate of drug-likeness (QED) is 0.433. The summed E-state index contributed by atoms with van der Waals surface area (Å²) in [5.74, 6) is 1.73. The number of urea groups is 1. The van der Waals surface area contributed by atoms with Crippen LogP contribution in [0, 0.1) is 12.3 Å². The number of carbonyl (C=O) groups excluding carboxylic acids is 1. The molecule has 0 fully saturated rings. The van der Waals surface area contributed by atoms with Crippen LogP contribution in [-0.2, 0) is 4.79 Å². The maximum absolute atomic E-state index is 11.4. The predicted octanol–water partition coefficient (Wildman–Crippen LogP) is 1.73. The molecule has 102 valence electrons. The van der Waals surface area contributed by atoms with Gasteiger partial charge >= 0.3 is 12.0 Å². The molecule has 0 aromatic heterocycles. The van der Waals surface area contributed by atoms with Crippen molar-refractivity contribution in [2.45, 2.75) is 51.5 Å². The van der Waals surface area contributed by atoms with Crippen LogP contribution < -0.4 is 10.6 Å². The Hall–Kier alpha value is -1.70. The molecule has 0 aromatic rings. The average Bonchev–Trinajstić information content (AvgIpc) is 2.34. The third-order valence-electron chi connectivity index (χ3n) is 2.52. The van der Waals surface area contributed by atoms with Crippen LogP contribution in [0.5, 0.6) is 0 Å². The summed E-state index contributed by atoms with van der Waals surface area (Å²) in [6.45, 7) is 2.49. The number of aliphatic carboxylic acids is 1. The van der Waals surface area contributed by atoms with Crippen molar-refractivity contribution >= 4 is 12.0 Å². The van der Waals surface area contributed by atoms with Crippen LogP contribution in [0.15, 0.2) is 0 Å². The molecular formula is C13H22N2O3. The van der Waals surface area contributed by atoms with Crippen LogP contribution in [0.25, 0.3) is 0 Å². The first kappa shape index (κ1) is 16.3. The monoisotopic (exact) mass is 254 g/mol. The van der Waals surface area contributed by atoms with E-state index in [1.807, 2.05) is 6.92 Å². The highest BCUT2D eigenvalue weighted by Crippen LogP contribution is 2.02. The highest BCUT2D eigenvalue weighted by Gasteiger charge is 2.05. The highest BCUT2D eigenvalue weighted by molar-refractivity contribution is 5.74. The van der Waals surface area contributed by atoms with Gasteiger partial charge in [-0.2, -0.15) is 0 Å². The van der Waals surface area contributed by atoms with E-state index in [0.717, 1.165) is 19.3 Å². The van der Waals surface area contributed by atoms with Crippen molar-refractivity contribution in [3.8, 4) is 12.3 Å². The van der Waals surface area contributed by atoms with Gasteiger partial charge in [-0.15, -0.1) is 6.42 Å². The summed E-state index contributed by atoms with van der Waals surface area (Å²) in [6, 6.07) is -0.467. The van der Waals surface area contributed by atoms with E-state index in [2.05, 4.69) is 16.6 Å². The summed E-state index contributed by atoms with van der Waals surface area (Å²) in [7, 11) is 0. The minimum atomic E-state index is -0.757. The Balaban J connectivity index is 3.41.